The van der Waals surface area contributed by atoms with Crippen LogP contribution in [-0.2, 0) is 11.3 Å². The minimum absolute atomic E-state index is 0.256. The first-order valence-corrected chi connectivity index (χ1v) is 6.22. The zero-order valence-corrected chi connectivity index (χ0v) is 11.2. The van der Waals surface area contributed by atoms with Crippen LogP contribution in [0.25, 0.3) is 0 Å². The standard InChI is InChI=1S/C15H16N2O3/c1-11-15(19)14(13(10-18)7-16-11)9-17(20)8-12-5-3-2-4-6-12/h2-7,9,18,20H,8,10H2,1H3/b14-9+. The molecular formula is C15H16N2O3. The quantitative estimate of drug-likeness (QED) is 0.646. The van der Waals surface area contributed by atoms with Gasteiger partial charge in [-0.05, 0) is 12.5 Å². The fourth-order valence-electron chi connectivity index (χ4n) is 1.88. The Morgan fingerprint density at radius 3 is 2.65 bits per heavy atom. The summed E-state index contributed by atoms with van der Waals surface area (Å²) in [5.74, 6) is -0.288. The molecule has 2 N–H and O–H groups in total. The number of benzene rings is 1. The number of carbonyl (C=O) groups is 1. The van der Waals surface area contributed by atoms with E-state index in [1.54, 1.807) is 6.92 Å². The lowest BCUT2D eigenvalue weighted by molar-refractivity contribution is -0.110. The van der Waals surface area contributed by atoms with Crippen LogP contribution in [0.2, 0.25) is 0 Å². The van der Waals surface area contributed by atoms with Gasteiger partial charge in [0.15, 0.2) is 0 Å². The van der Waals surface area contributed by atoms with Gasteiger partial charge in [-0.2, -0.15) is 0 Å². The fourth-order valence-corrected chi connectivity index (χ4v) is 1.88. The Balaban J connectivity index is 2.19. The molecule has 0 spiro atoms. The third kappa shape index (κ3) is 3.20. The van der Waals surface area contributed by atoms with Gasteiger partial charge < -0.3 is 5.11 Å². The summed E-state index contributed by atoms with van der Waals surface area (Å²) in [7, 11) is 0. The predicted octanol–water partition coefficient (Wildman–Crippen LogP) is 1.68. The minimum Gasteiger partial charge on any atom is -0.392 e. The Labute approximate surface area is 117 Å². The van der Waals surface area contributed by atoms with Crippen LogP contribution in [-0.4, -0.2) is 33.5 Å². The summed E-state index contributed by atoms with van der Waals surface area (Å²) < 4.78 is 0. The maximum atomic E-state index is 12.0. The molecular weight excluding hydrogens is 256 g/mol. The van der Waals surface area contributed by atoms with E-state index in [0.29, 0.717) is 11.3 Å². The molecule has 0 radical (unpaired) electrons. The van der Waals surface area contributed by atoms with Gasteiger partial charge in [0.25, 0.3) is 0 Å². The van der Waals surface area contributed by atoms with E-state index in [9.17, 15) is 15.1 Å². The number of hydroxylamine groups is 2. The second kappa shape index (κ2) is 6.27. The van der Waals surface area contributed by atoms with Gasteiger partial charge in [-0.25, -0.2) is 0 Å². The number of nitrogens with zero attached hydrogens (tertiary/aromatic N) is 2. The highest BCUT2D eigenvalue weighted by molar-refractivity contribution is 6.46. The van der Waals surface area contributed by atoms with Gasteiger partial charge in [0.1, 0.15) is 0 Å². The van der Waals surface area contributed by atoms with Gasteiger partial charge in [-0.1, -0.05) is 30.3 Å². The predicted molar refractivity (Wildman–Crippen MR) is 75.1 cm³/mol. The molecule has 5 heteroatoms. The number of hydrogen-bond acceptors (Lipinski definition) is 5. The first-order valence-electron chi connectivity index (χ1n) is 6.22. The maximum absolute atomic E-state index is 12.0. The van der Waals surface area contributed by atoms with Gasteiger partial charge in [0.05, 0.1) is 18.9 Å². The van der Waals surface area contributed by atoms with Crippen LogP contribution in [0.4, 0.5) is 0 Å². The normalized spacial score (nSPS) is 16.9. The Morgan fingerprint density at radius 2 is 2.00 bits per heavy atom. The van der Waals surface area contributed by atoms with E-state index in [-0.39, 0.29) is 24.5 Å². The van der Waals surface area contributed by atoms with Crippen molar-refractivity contribution in [2.24, 2.45) is 4.99 Å². The lowest BCUT2D eigenvalue weighted by Gasteiger charge is -2.17. The molecule has 0 atom stereocenters. The van der Waals surface area contributed by atoms with Crippen molar-refractivity contribution in [3.05, 3.63) is 59.4 Å². The van der Waals surface area contributed by atoms with Crippen molar-refractivity contribution in [3.63, 3.8) is 0 Å². The van der Waals surface area contributed by atoms with Crippen molar-refractivity contribution >= 4 is 11.5 Å². The minimum atomic E-state index is -0.298. The Bertz CT molecular complexity index is 588. The van der Waals surface area contributed by atoms with Crippen LogP contribution in [0, 0.1) is 0 Å². The molecule has 1 aromatic rings. The van der Waals surface area contributed by atoms with Crippen molar-refractivity contribution in [3.8, 4) is 0 Å². The summed E-state index contributed by atoms with van der Waals surface area (Å²) >= 11 is 0. The van der Waals surface area contributed by atoms with E-state index in [0.717, 1.165) is 10.6 Å². The van der Waals surface area contributed by atoms with Crippen LogP contribution < -0.4 is 0 Å². The summed E-state index contributed by atoms with van der Waals surface area (Å²) in [5, 5.41) is 20.1. The van der Waals surface area contributed by atoms with Crippen molar-refractivity contribution in [1.82, 2.24) is 5.06 Å². The number of aliphatic imine (C=N–C) groups is 1. The van der Waals surface area contributed by atoms with Gasteiger partial charge in [-0.3, -0.25) is 20.1 Å². The summed E-state index contributed by atoms with van der Waals surface area (Å²) in [6, 6.07) is 9.39. The van der Waals surface area contributed by atoms with E-state index in [1.807, 2.05) is 30.3 Å². The Hall–Kier alpha value is -2.24. The summed E-state index contributed by atoms with van der Waals surface area (Å²) in [4.78, 5) is 15.9. The van der Waals surface area contributed by atoms with E-state index in [1.165, 1.54) is 12.4 Å². The molecule has 0 fully saturated rings. The number of rotatable bonds is 4. The Kier molecular flexibility index (Phi) is 4.45. The number of Topliss-reactive ketones (excluding diaryl/α,β-unsaturated/α-hetero) is 1. The zero-order chi connectivity index (χ0) is 14.5. The highest BCUT2D eigenvalue weighted by Crippen LogP contribution is 2.18. The first kappa shape index (κ1) is 14.2. The Morgan fingerprint density at radius 1 is 1.30 bits per heavy atom. The molecule has 0 saturated carbocycles. The molecule has 1 aromatic carbocycles. The van der Waals surface area contributed by atoms with E-state index in [4.69, 9.17) is 0 Å². The molecule has 0 bridgehead atoms. The molecule has 2 rings (SSSR count). The lowest BCUT2D eigenvalue weighted by Crippen LogP contribution is -2.22. The maximum Gasteiger partial charge on any atom is 0.208 e. The average molecular weight is 272 g/mol. The largest absolute Gasteiger partial charge is 0.392 e. The summed E-state index contributed by atoms with van der Waals surface area (Å²) in [6.45, 7) is 1.56. The van der Waals surface area contributed by atoms with Crippen molar-refractivity contribution < 1.29 is 15.1 Å². The molecule has 1 heterocycles. The molecule has 20 heavy (non-hydrogen) atoms. The highest BCUT2D eigenvalue weighted by atomic mass is 16.5. The number of carbonyl (C=O) groups excluding carboxylic acids is 1. The highest BCUT2D eigenvalue weighted by Gasteiger charge is 2.21. The van der Waals surface area contributed by atoms with Crippen LogP contribution in [0.3, 0.4) is 0 Å². The van der Waals surface area contributed by atoms with Gasteiger partial charge in [0, 0.05) is 23.5 Å². The van der Waals surface area contributed by atoms with Crippen LogP contribution in [0.15, 0.2) is 58.9 Å². The molecule has 5 nitrogen and oxygen atoms in total. The van der Waals surface area contributed by atoms with Crippen molar-refractivity contribution in [2.45, 2.75) is 13.5 Å². The molecule has 104 valence electrons. The smallest absolute Gasteiger partial charge is 0.208 e. The summed E-state index contributed by atoms with van der Waals surface area (Å²) in [6.07, 6.45) is 2.77. The van der Waals surface area contributed by atoms with E-state index in [2.05, 4.69) is 4.99 Å². The van der Waals surface area contributed by atoms with Gasteiger partial charge in [-0.15, -0.1) is 0 Å². The van der Waals surface area contributed by atoms with Gasteiger partial charge in [0.2, 0.25) is 5.78 Å². The molecule has 1 aliphatic rings. The van der Waals surface area contributed by atoms with Crippen LogP contribution >= 0.6 is 0 Å². The van der Waals surface area contributed by atoms with E-state index < -0.39 is 0 Å². The topological polar surface area (TPSA) is 73.1 Å². The molecule has 0 amide bonds. The van der Waals surface area contributed by atoms with Crippen molar-refractivity contribution in [2.75, 3.05) is 6.61 Å². The molecule has 0 aromatic heterocycles. The van der Waals surface area contributed by atoms with Crippen LogP contribution in [0.1, 0.15) is 12.5 Å². The molecule has 0 aliphatic carbocycles. The molecule has 0 saturated heterocycles. The fraction of sp³-hybridized carbons (Fsp3) is 0.200. The van der Waals surface area contributed by atoms with Crippen molar-refractivity contribution in [1.29, 1.82) is 0 Å². The number of aliphatic hydroxyl groups excluding tert-OH is 1. The lowest BCUT2D eigenvalue weighted by atomic mass is 9.99. The van der Waals surface area contributed by atoms with Crippen LogP contribution in [0.5, 0.6) is 0 Å². The third-order valence-electron chi connectivity index (χ3n) is 2.97. The molecule has 0 unspecified atom stereocenters. The third-order valence-corrected chi connectivity index (χ3v) is 2.97. The number of ketones is 1. The second-order valence-electron chi connectivity index (χ2n) is 4.48. The monoisotopic (exact) mass is 272 g/mol. The average Bonchev–Trinajstić information content (AvgIpc) is 2.45. The first-order chi connectivity index (χ1) is 9.61. The zero-order valence-electron chi connectivity index (χ0n) is 11.2. The SMILES string of the molecule is CC1=NC=C(CO)/C(=C\N(O)Cc2ccccc2)C1=O. The van der Waals surface area contributed by atoms with Gasteiger partial charge >= 0.3 is 0 Å². The van der Waals surface area contributed by atoms with E-state index >= 15 is 0 Å². The summed E-state index contributed by atoms with van der Waals surface area (Å²) in [5.41, 5.74) is 1.91. The number of hydrogen-bond donors (Lipinski definition) is 2. The molecule has 1 aliphatic heterocycles. The number of aliphatic hydroxyl groups is 1. The second-order valence-corrected chi connectivity index (χ2v) is 4.48.